The third-order valence-corrected chi connectivity index (χ3v) is 13.4. The molecule has 9 heteroatoms. The lowest BCUT2D eigenvalue weighted by atomic mass is 10.1. The maximum atomic E-state index is 13.8. The quantitative estimate of drug-likeness (QED) is 0.424. The molecule has 0 bridgehead atoms. The van der Waals surface area contributed by atoms with Crippen molar-refractivity contribution in [2.75, 3.05) is 12.0 Å². The molecule has 1 aromatic carbocycles. The Hall–Kier alpha value is -2.52. The van der Waals surface area contributed by atoms with Gasteiger partial charge in [0.25, 0.3) is 14.2 Å². The van der Waals surface area contributed by atoms with Crippen molar-refractivity contribution in [2.45, 2.75) is 110 Å². The van der Waals surface area contributed by atoms with Gasteiger partial charge in [0.05, 0.1) is 24.4 Å². The van der Waals surface area contributed by atoms with Crippen LogP contribution in [0.25, 0.3) is 0 Å². The van der Waals surface area contributed by atoms with Crippen LogP contribution in [0.4, 0.5) is 10.5 Å². The van der Waals surface area contributed by atoms with Crippen LogP contribution < -0.4 is 14.1 Å². The molecular formula is C28H44N2O6Si. The third kappa shape index (κ3) is 5.25. The molecule has 2 heterocycles. The summed E-state index contributed by atoms with van der Waals surface area (Å²) in [6, 6.07) is 2.67. The first-order valence-electron chi connectivity index (χ1n) is 13.2. The van der Waals surface area contributed by atoms with E-state index in [9.17, 15) is 14.7 Å². The lowest BCUT2D eigenvalue weighted by molar-refractivity contribution is 0.0336. The molecule has 0 aliphatic carbocycles. The minimum absolute atomic E-state index is 0.244. The summed E-state index contributed by atoms with van der Waals surface area (Å²) in [5.74, 6) is 0.571. The van der Waals surface area contributed by atoms with Crippen LogP contribution in [0.5, 0.6) is 11.5 Å². The molecule has 37 heavy (non-hydrogen) atoms. The minimum Gasteiger partial charge on any atom is -0.540 e. The number of benzene rings is 1. The van der Waals surface area contributed by atoms with Crippen molar-refractivity contribution in [3.63, 3.8) is 0 Å². The first kappa shape index (κ1) is 29.0. The lowest BCUT2D eigenvalue weighted by Gasteiger charge is -2.42. The van der Waals surface area contributed by atoms with Crippen LogP contribution in [0.3, 0.4) is 0 Å². The van der Waals surface area contributed by atoms with Crippen LogP contribution in [-0.2, 0) is 4.74 Å². The number of aliphatic hydroxyl groups excluding tert-OH is 1. The minimum atomic E-state index is -2.41. The van der Waals surface area contributed by atoms with E-state index in [1.165, 1.54) is 9.80 Å². The Bertz CT molecular complexity index is 1050. The highest BCUT2D eigenvalue weighted by Gasteiger charge is 2.49. The Morgan fingerprint density at radius 1 is 1.05 bits per heavy atom. The number of aliphatic hydroxyl groups is 1. The zero-order valence-electron chi connectivity index (χ0n) is 24.2. The summed E-state index contributed by atoms with van der Waals surface area (Å²) in [5.41, 5.74) is 1.53. The van der Waals surface area contributed by atoms with E-state index in [0.717, 1.165) is 5.57 Å². The first-order valence-corrected chi connectivity index (χ1v) is 15.3. The fourth-order valence-electron chi connectivity index (χ4n) is 5.95. The van der Waals surface area contributed by atoms with E-state index in [2.05, 4.69) is 41.5 Å². The predicted molar refractivity (Wildman–Crippen MR) is 148 cm³/mol. The molecule has 0 saturated heterocycles. The highest BCUT2D eigenvalue weighted by atomic mass is 28.4. The van der Waals surface area contributed by atoms with Crippen molar-refractivity contribution in [3.8, 4) is 11.5 Å². The third-order valence-electron chi connectivity index (χ3n) is 7.45. The van der Waals surface area contributed by atoms with Crippen molar-refractivity contribution in [3.05, 3.63) is 29.5 Å². The average molecular weight is 533 g/mol. The Balaban J connectivity index is 2.27. The summed E-state index contributed by atoms with van der Waals surface area (Å²) < 4.78 is 18.4. The molecule has 0 radical (unpaired) electrons. The summed E-state index contributed by atoms with van der Waals surface area (Å²) in [7, 11) is -0.865. The van der Waals surface area contributed by atoms with Gasteiger partial charge in [0.2, 0.25) is 0 Å². The van der Waals surface area contributed by atoms with Crippen molar-refractivity contribution in [1.29, 1.82) is 0 Å². The Morgan fingerprint density at radius 3 is 2.11 bits per heavy atom. The van der Waals surface area contributed by atoms with Gasteiger partial charge in [-0.2, -0.15) is 0 Å². The summed E-state index contributed by atoms with van der Waals surface area (Å²) in [6.45, 7) is 20.3. The van der Waals surface area contributed by atoms with Gasteiger partial charge in [-0.3, -0.25) is 4.79 Å². The standard InChI is InChI=1S/C28H44N2O6Si/c1-16(2)37(17(3)4,18(5)6)36-24-14-21-20(13-23(24)34-11)25(31)29-15-19(7)12-22(29)26(32)30(21)27(33)35-28(8,9)10/h13-18,22,26,32H,12H2,1-11H3. The van der Waals surface area contributed by atoms with E-state index in [-0.39, 0.29) is 17.2 Å². The number of fused-ring (bicyclic) bond motifs is 2. The molecule has 206 valence electrons. The maximum Gasteiger partial charge on any atom is 0.417 e. The number of rotatable bonds is 6. The molecule has 0 saturated carbocycles. The lowest BCUT2D eigenvalue weighted by Crippen LogP contribution is -2.52. The number of anilines is 1. The SMILES string of the molecule is COc1cc2c(cc1O[Si](C(C)C)(C(C)C)C(C)C)N(C(=O)OC(C)(C)C)C(O)C1CC(C)=CN1C2=O. The molecule has 1 N–H and O–H groups in total. The predicted octanol–water partition coefficient (Wildman–Crippen LogP) is 6.44. The second-order valence-corrected chi connectivity index (χ2v) is 17.5. The number of carbonyl (C=O) groups is 2. The van der Waals surface area contributed by atoms with Crippen LogP contribution in [0.1, 0.15) is 86.0 Å². The smallest absolute Gasteiger partial charge is 0.417 e. The van der Waals surface area contributed by atoms with Gasteiger partial charge in [0.1, 0.15) is 11.4 Å². The van der Waals surface area contributed by atoms with E-state index in [0.29, 0.717) is 34.5 Å². The van der Waals surface area contributed by atoms with E-state index in [1.54, 1.807) is 46.2 Å². The monoisotopic (exact) mass is 532 g/mol. The number of carbonyl (C=O) groups excluding carboxylic acids is 2. The fraction of sp³-hybridized carbons (Fsp3) is 0.643. The van der Waals surface area contributed by atoms with Crippen LogP contribution in [0, 0.1) is 0 Å². The zero-order valence-corrected chi connectivity index (χ0v) is 25.2. The highest BCUT2D eigenvalue weighted by Crippen LogP contribution is 2.47. The number of hydrogen-bond donors (Lipinski definition) is 1. The topological polar surface area (TPSA) is 88.5 Å². The van der Waals surface area contributed by atoms with Gasteiger partial charge in [-0.25, -0.2) is 9.69 Å². The number of amides is 2. The maximum absolute atomic E-state index is 13.8. The van der Waals surface area contributed by atoms with Crippen LogP contribution in [0.2, 0.25) is 16.6 Å². The van der Waals surface area contributed by atoms with Crippen LogP contribution in [-0.4, -0.2) is 55.3 Å². The second kappa shape index (κ2) is 10.3. The molecular weight excluding hydrogens is 488 g/mol. The summed E-state index contributed by atoms with van der Waals surface area (Å²) in [4.78, 5) is 30.0. The molecule has 2 atom stereocenters. The van der Waals surface area contributed by atoms with Gasteiger partial charge in [0.15, 0.2) is 12.0 Å². The number of ether oxygens (including phenoxy) is 2. The molecule has 1 aromatic rings. The molecule has 0 aromatic heterocycles. The molecule has 2 unspecified atom stereocenters. The van der Waals surface area contributed by atoms with Gasteiger partial charge in [0, 0.05) is 12.3 Å². The van der Waals surface area contributed by atoms with Crippen LogP contribution in [0.15, 0.2) is 23.9 Å². The van der Waals surface area contributed by atoms with Crippen molar-refractivity contribution in [1.82, 2.24) is 4.90 Å². The molecule has 3 rings (SSSR count). The van der Waals surface area contributed by atoms with Gasteiger partial charge in [-0.05, 0) is 56.8 Å². The van der Waals surface area contributed by atoms with Gasteiger partial charge in [-0.15, -0.1) is 0 Å². The van der Waals surface area contributed by atoms with Gasteiger partial charge < -0.3 is 23.9 Å². The fourth-order valence-corrected chi connectivity index (χ4v) is 11.2. The molecule has 2 aliphatic heterocycles. The number of methoxy groups -OCH3 is 1. The number of nitrogens with zero attached hydrogens (tertiary/aromatic N) is 2. The van der Waals surface area contributed by atoms with E-state index >= 15 is 0 Å². The molecule has 8 nitrogen and oxygen atoms in total. The number of hydrogen-bond acceptors (Lipinski definition) is 6. The van der Waals surface area contributed by atoms with Crippen molar-refractivity contribution in [2.24, 2.45) is 0 Å². The van der Waals surface area contributed by atoms with E-state index in [4.69, 9.17) is 13.9 Å². The Morgan fingerprint density at radius 2 is 1.62 bits per heavy atom. The second-order valence-electron chi connectivity index (χ2n) is 12.2. The largest absolute Gasteiger partial charge is 0.540 e. The summed E-state index contributed by atoms with van der Waals surface area (Å²) >= 11 is 0. The Labute approximate surface area is 222 Å². The molecule has 0 spiro atoms. The highest BCUT2D eigenvalue weighted by molar-refractivity contribution is 6.78. The van der Waals surface area contributed by atoms with E-state index < -0.39 is 32.3 Å². The van der Waals surface area contributed by atoms with Crippen molar-refractivity contribution < 1.29 is 28.6 Å². The van der Waals surface area contributed by atoms with E-state index in [1.807, 2.05) is 6.92 Å². The molecule has 0 fully saturated rings. The summed E-state index contributed by atoms with van der Waals surface area (Å²) in [6.07, 6.45) is 0.156. The molecule has 2 aliphatic rings. The first-order chi connectivity index (χ1) is 17.0. The van der Waals surface area contributed by atoms with Crippen molar-refractivity contribution >= 4 is 26.0 Å². The average Bonchev–Trinajstić information content (AvgIpc) is 3.13. The zero-order chi connectivity index (χ0) is 28.0. The van der Waals surface area contributed by atoms with Gasteiger partial charge in [-0.1, -0.05) is 47.1 Å². The summed E-state index contributed by atoms with van der Waals surface area (Å²) in [5, 5.41) is 11.5. The molecule has 2 amide bonds. The van der Waals surface area contributed by atoms with Gasteiger partial charge >= 0.3 is 6.09 Å². The normalized spacial score (nSPS) is 20.2. The van der Waals surface area contributed by atoms with Crippen LogP contribution >= 0.6 is 0 Å². The Kier molecular flexibility index (Phi) is 8.10.